The Kier molecular flexibility index (Phi) is 3.09. The van der Waals surface area contributed by atoms with Crippen molar-refractivity contribution >= 4 is 21.8 Å². The molecule has 0 heterocycles. The smallest absolute Gasteiger partial charge is 0.216 e. The molecule has 1 aromatic carbocycles. The Morgan fingerprint density at radius 1 is 1.44 bits per heavy atom. The molecule has 1 atom stereocenters. The average Bonchev–Trinajstić information content (AvgIpc) is 2.43. The minimum absolute atomic E-state index is 0.0903. The maximum Gasteiger partial charge on any atom is 0.275 e. The Labute approximate surface area is 106 Å². The number of rotatable bonds is 2. The molecule has 1 aliphatic rings. The van der Waals surface area contributed by atoms with Crippen molar-refractivity contribution in [3.63, 3.8) is 0 Å². The first-order valence-corrected chi connectivity index (χ1v) is 6.69. The van der Waals surface area contributed by atoms with Crippen molar-refractivity contribution in [3.05, 3.63) is 34.1 Å². The Morgan fingerprint density at radius 3 is 2.61 bits per heavy atom. The molecule has 3 N–H and O–H groups in total. The zero-order valence-corrected chi connectivity index (χ0v) is 10.3. The van der Waals surface area contributed by atoms with Crippen LogP contribution in [-0.2, 0) is 16.6 Å². The van der Waals surface area contributed by atoms with Crippen LogP contribution in [-0.4, -0.2) is 14.3 Å². The summed E-state index contributed by atoms with van der Waals surface area (Å²) in [5.41, 5.74) is -0.178. The molecule has 1 aromatic rings. The summed E-state index contributed by atoms with van der Waals surface area (Å²) in [6, 6.07) is 0.150. The van der Waals surface area contributed by atoms with Crippen LogP contribution >= 0.6 is 11.6 Å². The molecule has 0 spiro atoms. The van der Waals surface area contributed by atoms with Gasteiger partial charge in [0.1, 0.15) is 11.9 Å². The average molecular weight is 301 g/mol. The third kappa shape index (κ3) is 2.33. The predicted molar refractivity (Wildman–Crippen MR) is 59.0 cm³/mol. The molecule has 9 heteroatoms. The zero-order valence-electron chi connectivity index (χ0n) is 8.75. The third-order valence-corrected chi connectivity index (χ3v) is 3.59. The highest BCUT2D eigenvalue weighted by molar-refractivity contribution is 7.87. The van der Waals surface area contributed by atoms with Gasteiger partial charge in [-0.15, -0.1) is 0 Å². The summed E-state index contributed by atoms with van der Waals surface area (Å²) in [6.45, 7) is 0. The van der Waals surface area contributed by atoms with Crippen LogP contribution in [0.25, 0.3) is 0 Å². The summed E-state index contributed by atoms with van der Waals surface area (Å²) in [5.74, 6) is -4.30. The lowest BCUT2D eigenvalue weighted by molar-refractivity contribution is -0.0187. The van der Waals surface area contributed by atoms with Crippen LogP contribution in [0, 0.1) is 5.82 Å². The van der Waals surface area contributed by atoms with Gasteiger partial charge in [0.2, 0.25) is 0 Å². The van der Waals surface area contributed by atoms with Gasteiger partial charge < -0.3 is 0 Å². The van der Waals surface area contributed by atoms with Crippen LogP contribution in [0.15, 0.2) is 12.1 Å². The Morgan fingerprint density at radius 2 is 2.06 bits per heavy atom. The first kappa shape index (κ1) is 13.6. The Balaban J connectivity index is 2.57. The monoisotopic (exact) mass is 300 g/mol. The SMILES string of the molecule is NS(=O)(=O)NC1c2c(ccc(F)c2Cl)CC1(F)F. The molecular formula is C9H8ClF3N2O2S. The summed E-state index contributed by atoms with van der Waals surface area (Å²) in [4.78, 5) is 0. The van der Waals surface area contributed by atoms with Crippen molar-refractivity contribution in [3.8, 4) is 0 Å². The Hall–Kier alpha value is -0.830. The van der Waals surface area contributed by atoms with E-state index in [9.17, 15) is 21.6 Å². The molecule has 0 aliphatic heterocycles. The van der Waals surface area contributed by atoms with E-state index in [-0.39, 0.29) is 11.1 Å². The number of hydrogen-bond donors (Lipinski definition) is 2. The second-order valence-electron chi connectivity index (χ2n) is 3.97. The number of nitrogens with one attached hydrogen (secondary N) is 1. The van der Waals surface area contributed by atoms with Crippen LogP contribution in [0.5, 0.6) is 0 Å². The second-order valence-corrected chi connectivity index (χ2v) is 5.67. The number of nitrogens with two attached hydrogens (primary N) is 1. The van der Waals surface area contributed by atoms with E-state index in [2.05, 4.69) is 5.14 Å². The molecule has 0 bridgehead atoms. The van der Waals surface area contributed by atoms with Gasteiger partial charge in [-0.1, -0.05) is 17.7 Å². The number of halogens is 4. The fourth-order valence-corrected chi connectivity index (χ4v) is 2.86. The van der Waals surface area contributed by atoms with Crippen LogP contribution in [0.1, 0.15) is 17.2 Å². The maximum atomic E-state index is 13.7. The standard InChI is InChI=1S/C9H8ClF3N2O2S/c10-7-5(11)2-1-4-3-9(12,13)8(6(4)7)15-18(14,16)17/h1-2,8,15H,3H2,(H2,14,16,17). The molecule has 2 rings (SSSR count). The molecule has 1 aliphatic carbocycles. The van der Waals surface area contributed by atoms with Crippen molar-refractivity contribution in [1.29, 1.82) is 0 Å². The number of benzene rings is 1. The Bertz CT molecular complexity index is 606. The molecule has 100 valence electrons. The van der Waals surface area contributed by atoms with Crippen LogP contribution in [0.4, 0.5) is 13.2 Å². The first-order chi connectivity index (χ1) is 8.12. The minimum atomic E-state index is -4.36. The normalized spacial score (nSPS) is 21.9. The summed E-state index contributed by atoms with van der Waals surface area (Å²) < 4.78 is 63.9. The van der Waals surface area contributed by atoms with E-state index in [1.54, 1.807) is 4.72 Å². The summed E-state index contributed by atoms with van der Waals surface area (Å²) in [5, 5.41) is 4.15. The molecule has 0 radical (unpaired) electrons. The van der Waals surface area contributed by atoms with Gasteiger partial charge in [0.15, 0.2) is 0 Å². The van der Waals surface area contributed by atoms with Crippen molar-refractivity contribution in [2.75, 3.05) is 0 Å². The fourth-order valence-electron chi connectivity index (χ4n) is 1.95. The number of alkyl halides is 2. The highest BCUT2D eigenvalue weighted by Gasteiger charge is 2.50. The summed E-state index contributed by atoms with van der Waals surface area (Å²) in [6.07, 6.45) is -0.727. The number of hydrogen-bond acceptors (Lipinski definition) is 2. The molecule has 0 saturated carbocycles. The van der Waals surface area contributed by atoms with Crippen LogP contribution in [0.2, 0.25) is 5.02 Å². The highest BCUT2D eigenvalue weighted by Crippen LogP contribution is 2.46. The van der Waals surface area contributed by atoms with Gasteiger partial charge >= 0.3 is 0 Å². The molecule has 0 saturated heterocycles. The van der Waals surface area contributed by atoms with Gasteiger partial charge in [-0.05, 0) is 11.6 Å². The van der Waals surface area contributed by atoms with E-state index in [1.807, 2.05) is 0 Å². The molecular weight excluding hydrogens is 293 g/mol. The molecule has 0 amide bonds. The van der Waals surface area contributed by atoms with Crippen molar-refractivity contribution in [2.45, 2.75) is 18.4 Å². The van der Waals surface area contributed by atoms with Gasteiger partial charge in [0.25, 0.3) is 16.1 Å². The van der Waals surface area contributed by atoms with E-state index in [0.717, 1.165) is 12.1 Å². The van der Waals surface area contributed by atoms with E-state index in [1.165, 1.54) is 0 Å². The summed E-state index contributed by atoms with van der Waals surface area (Å²) in [7, 11) is -4.36. The van der Waals surface area contributed by atoms with Gasteiger partial charge in [-0.3, -0.25) is 0 Å². The van der Waals surface area contributed by atoms with Gasteiger partial charge in [0.05, 0.1) is 5.02 Å². The van der Waals surface area contributed by atoms with Gasteiger partial charge in [-0.25, -0.2) is 18.3 Å². The zero-order chi connectivity index (χ0) is 13.7. The van der Waals surface area contributed by atoms with Crippen LogP contribution in [0.3, 0.4) is 0 Å². The van der Waals surface area contributed by atoms with Crippen molar-refractivity contribution < 1.29 is 21.6 Å². The lowest BCUT2D eigenvalue weighted by Crippen LogP contribution is -2.41. The number of fused-ring (bicyclic) bond motifs is 1. The topological polar surface area (TPSA) is 72.2 Å². The van der Waals surface area contributed by atoms with E-state index in [0.29, 0.717) is 0 Å². The van der Waals surface area contributed by atoms with E-state index >= 15 is 0 Å². The molecule has 0 fully saturated rings. The first-order valence-electron chi connectivity index (χ1n) is 4.76. The van der Waals surface area contributed by atoms with Crippen LogP contribution < -0.4 is 9.86 Å². The van der Waals surface area contributed by atoms with Gasteiger partial charge in [0, 0.05) is 12.0 Å². The lowest BCUT2D eigenvalue weighted by Gasteiger charge is -2.20. The van der Waals surface area contributed by atoms with E-state index in [4.69, 9.17) is 11.6 Å². The second kappa shape index (κ2) is 4.09. The quantitative estimate of drug-likeness (QED) is 0.869. The molecule has 0 aromatic heterocycles. The summed E-state index contributed by atoms with van der Waals surface area (Å²) >= 11 is 5.61. The largest absolute Gasteiger partial charge is 0.275 e. The van der Waals surface area contributed by atoms with Gasteiger partial charge in [-0.2, -0.15) is 13.1 Å². The minimum Gasteiger partial charge on any atom is -0.216 e. The highest BCUT2D eigenvalue weighted by atomic mass is 35.5. The fraction of sp³-hybridized carbons (Fsp3) is 0.333. The van der Waals surface area contributed by atoms with Crippen molar-refractivity contribution in [1.82, 2.24) is 4.72 Å². The predicted octanol–water partition coefficient (Wildman–Crippen LogP) is 1.50. The maximum absolute atomic E-state index is 13.7. The lowest BCUT2D eigenvalue weighted by atomic mass is 10.1. The molecule has 18 heavy (non-hydrogen) atoms. The molecule has 4 nitrogen and oxygen atoms in total. The van der Waals surface area contributed by atoms with Crippen molar-refractivity contribution in [2.24, 2.45) is 5.14 Å². The molecule has 1 unspecified atom stereocenters. The third-order valence-electron chi connectivity index (χ3n) is 2.64. The van der Waals surface area contributed by atoms with E-state index < -0.39 is 39.4 Å².